The third-order valence-electron chi connectivity index (χ3n) is 6.19. The van der Waals surface area contributed by atoms with Gasteiger partial charge in [0.2, 0.25) is 0 Å². The minimum Gasteiger partial charge on any atom is -0.477 e. The molecule has 6 rings (SSSR count). The Bertz CT molecular complexity index is 2090. The zero-order chi connectivity index (χ0) is 32.4. The number of carbonyl (C=O) groups is 2. The first-order chi connectivity index (χ1) is 21.4. The van der Waals surface area contributed by atoms with Crippen molar-refractivity contribution in [2.45, 2.75) is 14.9 Å². The van der Waals surface area contributed by atoms with Crippen molar-refractivity contribution in [1.29, 1.82) is 0 Å². The Morgan fingerprint density at radius 1 is 0.574 bits per heavy atom. The lowest BCUT2D eigenvalue weighted by molar-refractivity contribution is 0.0594. The fourth-order valence-corrected chi connectivity index (χ4v) is 5.25. The van der Waals surface area contributed by atoms with Crippen LogP contribution >= 0.6 is 69.6 Å². The highest BCUT2D eigenvalue weighted by Crippen LogP contribution is 2.39. The van der Waals surface area contributed by atoms with E-state index < -0.39 is 11.9 Å². The van der Waals surface area contributed by atoms with Crippen LogP contribution in [-0.2, 0) is 4.74 Å². The van der Waals surface area contributed by atoms with Crippen LogP contribution in [0.1, 0.15) is 35.8 Å². The number of carbonyl (C=O) groups excluding carboxylic acids is 1. The fraction of sp³-hybridized carbons (Fsp3) is 0.0909. The Balaban J connectivity index is 0.000000245. The molecule has 6 aromatic rings. The Hall–Kier alpha value is -3.76. The summed E-state index contributed by atoms with van der Waals surface area (Å²) in [7, 11) is 1.31. The molecule has 14 heteroatoms. The minimum atomic E-state index is -1.07. The maximum absolute atomic E-state index is 11.7. The van der Waals surface area contributed by atoms with E-state index in [9.17, 15) is 9.59 Å². The second kappa shape index (κ2) is 15.9. The highest BCUT2D eigenvalue weighted by molar-refractivity contribution is 6.35. The largest absolute Gasteiger partial charge is 0.477 e. The molecule has 8 nitrogen and oxygen atoms in total. The van der Waals surface area contributed by atoms with Gasteiger partial charge in [0.05, 0.1) is 28.2 Å². The first-order valence-corrected chi connectivity index (χ1v) is 14.9. The van der Waals surface area contributed by atoms with Gasteiger partial charge in [0.15, 0.2) is 0 Å². The van der Waals surface area contributed by atoms with Crippen molar-refractivity contribution >= 4 is 103 Å². The third kappa shape index (κ3) is 8.78. The number of aromatic nitrogens is 2. The number of H-pyrrole nitrogens is 2. The number of ether oxygens (including phenoxy) is 3. The quantitative estimate of drug-likeness (QED) is 0.146. The van der Waals surface area contributed by atoms with Gasteiger partial charge in [0.25, 0.3) is 0 Å². The van der Waals surface area contributed by atoms with E-state index in [4.69, 9.17) is 88.9 Å². The Morgan fingerprint density at radius 2 is 0.979 bits per heavy atom. The highest BCUT2D eigenvalue weighted by Gasteiger charge is 2.16. The van der Waals surface area contributed by atoms with Crippen molar-refractivity contribution in [3.05, 3.63) is 114 Å². The van der Waals surface area contributed by atoms with Crippen LogP contribution in [0.15, 0.2) is 72.8 Å². The standard InChI is InChI=1S/C16H10Cl3NO3.C15H8Cl3NO3.2CH4/c1-22-16(21)13-7-10-12(20-13)4-9(18)6-14(10)23-15-5-8(17)2-3-11(15)19;16-7-1-2-10(18)14(4-7)22-13-5-8(17)3-11-9(13)6-12(19-11)15(20)21;;/h2-7,20H,1H3;1-6,19H,(H,20,21);2*1H4. The molecule has 0 radical (unpaired) electrons. The molecule has 0 saturated heterocycles. The van der Waals surface area contributed by atoms with Crippen LogP contribution in [0, 0.1) is 0 Å². The average Bonchev–Trinajstić information content (AvgIpc) is 3.62. The Morgan fingerprint density at radius 3 is 1.40 bits per heavy atom. The van der Waals surface area contributed by atoms with Gasteiger partial charge in [0, 0.05) is 55.1 Å². The summed E-state index contributed by atoms with van der Waals surface area (Å²) in [4.78, 5) is 28.5. The molecule has 0 aliphatic heterocycles. The molecular formula is C33H26Cl6N2O6. The molecule has 0 saturated carbocycles. The van der Waals surface area contributed by atoms with E-state index in [1.807, 2.05) is 0 Å². The smallest absolute Gasteiger partial charge is 0.354 e. The summed E-state index contributed by atoms with van der Waals surface area (Å²) >= 11 is 36.2. The van der Waals surface area contributed by atoms with Crippen molar-refractivity contribution in [3.63, 3.8) is 0 Å². The summed E-state index contributed by atoms with van der Waals surface area (Å²) in [6.07, 6.45) is 0. The van der Waals surface area contributed by atoms with E-state index in [2.05, 4.69) is 9.97 Å². The van der Waals surface area contributed by atoms with E-state index in [0.717, 1.165) is 0 Å². The van der Waals surface area contributed by atoms with Crippen LogP contribution in [0.2, 0.25) is 30.1 Å². The Labute approximate surface area is 300 Å². The number of methoxy groups -OCH3 is 1. The summed E-state index contributed by atoms with van der Waals surface area (Å²) < 4.78 is 16.3. The molecule has 3 N–H and O–H groups in total. The molecule has 2 heterocycles. The van der Waals surface area contributed by atoms with Crippen molar-refractivity contribution in [2.24, 2.45) is 0 Å². The predicted octanol–water partition coefficient (Wildman–Crippen LogP) is 12.6. The van der Waals surface area contributed by atoms with Crippen molar-refractivity contribution < 1.29 is 28.9 Å². The molecule has 0 spiro atoms. The molecule has 0 bridgehead atoms. The van der Waals surface area contributed by atoms with E-state index >= 15 is 0 Å². The lowest BCUT2D eigenvalue weighted by Crippen LogP contribution is -2.00. The monoisotopic (exact) mass is 756 g/mol. The number of rotatable bonds is 6. The molecule has 47 heavy (non-hydrogen) atoms. The van der Waals surface area contributed by atoms with E-state index in [0.29, 0.717) is 80.6 Å². The van der Waals surface area contributed by atoms with Crippen molar-refractivity contribution in [2.75, 3.05) is 7.11 Å². The van der Waals surface area contributed by atoms with Crippen LogP contribution in [0.3, 0.4) is 0 Å². The zero-order valence-corrected chi connectivity index (χ0v) is 27.2. The molecule has 0 aliphatic rings. The Kier molecular flexibility index (Phi) is 12.7. The van der Waals surface area contributed by atoms with Gasteiger partial charge in [-0.25, -0.2) is 9.59 Å². The van der Waals surface area contributed by atoms with Gasteiger partial charge in [-0.3, -0.25) is 0 Å². The summed E-state index contributed by atoms with van der Waals surface area (Å²) in [6, 6.07) is 19.4. The zero-order valence-electron chi connectivity index (χ0n) is 22.7. The number of halogens is 6. The average molecular weight is 759 g/mol. The number of benzene rings is 4. The molecule has 246 valence electrons. The van der Waals surface area contributed by atoms with Crippen LogP contribution in [0.25, 0.3) is 21.8 Å². The first kappa shape index (κ1) is 37.7. The molecule has 2 aromatic heterocycles. The molecule has 0 amide bonds. The second-order valence-corrected chi connectivity index (χ2v) is 11.8. The van der Waals surface area contributed by atoms with Gasteiger partial charge in [-0.05, 0) is 48.5 Å². The van der Waals surface area contributed by atoms with Crippen LogP contribution in [-0.4, -0.2) is 34.1 Å². The second-order valence-electron chi connectivity index (χ2n) is 9.25. The van der Waals surface area contributed by atoms with E-state index in [-0.39, 0.29) is 20.5 Å². The fourth-order valence-electron chi connectivity index (χ4n) is 4.19. The maximum Gasteiger partial charge on any atom is 0.354 e. The number of carboxylic acids is 1. The summed E-state index contributed by atoms with van der Waals surface area (Å²) in [5, 5.41) is 12.9. The lowest BCUT2D eigenvalue weighted by Gasteiger charge is -2.09. The first-order valence-electron chi connectivity index (χ1n) is 12.6. The summed E-state index contributed by atoms with van der Waals surface area (Å²) in [5.74, 6) is 0.0287. The van der Waals surface area contributed by atoms with Gasteiger partial charge >= 0.3 is 11.9 Å². The lowest BCUT2D eigenvalue weighted by atomic mass is 10.2. The molecule has 0 fully saturated rings. The molecular weight excluding hydrogens is 733 g/mol. The van der Waals surface area contributed by atoms with Gasteiger partial charge in [-0.2, -0.15) is 0 Å². The number of carboxylic acid groups (broad SMARTS) is 1. The number of esters is 1. The van der Waals surface area contributed by atoms with Gasteiger partial charge in [-0.15, -0.1) is 0 Å². The normalized spacial score (nSPS) is 10.4. The summed E-state index contributed by atoms with van der Waals surface area (Å²) in [6.45, 7) is 0. The van der Waals surface area contributed by atoms with E-state index in [1.54, 1.807) is 66.7 Å². The third-order valence-corrected chi connectivity index (χ3v) is 7.72. The van der Waals surface area contributed by atoms with E-state index in [1.165, 1.54) is 13.2 Å². The predicted molar refractivity (Wildman–Crippen MR) is 191 cm³/mol. The summed E-state index contributed by atoms with van der Waals surface area (Å²) in [5.41, 5.74) is 1.54. The van der Waals surface area contributed by atoms with Crippen LogP contribution in [0.5, 0.6) is 23.0 Å². The number of hydrogen-bond donors (Lipinski definition) is 3. The van der Waals surface area contributed by atoms with Crippen molar-refractivity contribution in [3.8, 4) is 23.0 Å². The number of aromatic amines is 2. The molecule has 4 aromatic carbocycles. The van der Waals surface area contributed by atoms with Crippen molar-refractivity contribution in [1.82, 2.24) is 9.97 Å². The van der Waals surface area contributed by atoms with Gasteiger partial charge < -0.3 is 29.3 Å². The topological polar surface area (TPSA) is 114 Å². The van der Waals surface area contributed by atoms with Crippen LogP contribution in [0.4, 0.5) is 0 Å². The number of fused-ring (bicyclic) bond motifs is 2. The number of nitrogens with one attached hydrogen (secondary N) is 2. The maximum atomic E-state index is 11.7. The highest BCUT2D eigenvalue weighted by atomic mass is 35.5. The number of hydrogen-bond acceptors (Lipinski definition) is 5. The van der Waals surface area contributed by atoms with Gasteiger partial charge in [-0.1, -0.05) is 84.5 Å². The minimum absolute atomic E-state index is 0. The SMILES string of the molecule is C.C.COC(=O)c1cc2c(Oc3cc(Cl)ccc3Cl)cc(Cl)cc2[nH]1.O=C(O)c1cc2c(Oc3cc(Cl)ccc3Cl)cc(Cl)cc2[nH]1. The number of aromatic carboxylic acids is 1. The molecule has 0 unspecified atom stereocenters. The van der Waals surface area contributed by atoms with Gasteiger partial charge in [0.1, 0.15) is 34.4 Å². The molecule has 0 atom stereocenters. The molecule has 0 aliphatic carbocycles. The van der Waals surface area contributed by atoms with Crippen LogP contribution < -0.4 is 9.47 Å².